The predicted octanol–water partition coefficient (Wildman–Crippen LogP) is 2.74. The van der Waals surface area contributed by atoms with Crippen molar-refractivity contribution in [1.82, 2.24) is 10.3 Å². The van der Waals surface area contributed by atoms with Crippen LogP contribution in [0, 0.1) is 6.92 Å². The van der Waals surface area contributed by atoms with Gasteiger partial charge in [-0.25, -0.2) is 0 Å². The lowest BCUT2D eigenvalue weighted by Gasteiger charge is -2.17. The number of fused-ring (bicyclic) bond motifs is 1. The van der Waals surface area contributed by atoms with Crippen LogP contribution in [0.1, 0.15) is 16.7 Å². The first-order valence-electron chi connectivity index (χ1n) is 8.17. The Balaban J connectivity index is 1.65. The third-order valence-electron chi connectivity index (χ3n) is 4.34. The van der Waals surface area contributed by atoms with Crippen molar-refractivity contribution in [2.24, 2.45) is 0 Å². The standard InChI is InChI=1S/C20H22N2O2/c1-14-6-2-3-7-15(14)10-17(13-23)22-20(24)11-16-12-21-19-9-5-4-8-18(16)19/h2-9,12,17,21,23H,10-11,13H2,1H3,(H,22,24). The summed E-state index contributed by atoms with van der Waals surface area (Å²) < 4.78 is 0. The molecule has 0 aliphatic carbocycles. The molecule has 0 spiro atoms. The topological polar surface area (TPSA) is 65.1 Å². The minimum atomic E-state index is -0.274. The van der Waals surface area contributed by atoms with E-state index in [1.165, 1.54) is 5.56 Å². The van der Waals surface area contributed by atoms with Crippen molar-refractivity contribution in [3.63, 3.8) is 0 Å². The second-order valence-electron chi connectivity index (χ2n) is 6.11. The lowest BCUT2D eigenvalue weighted by molar-refractivity contribution is -0.121. The normalized spacial score (nSPS) is 12.2. The van der Waals surface area contributed by atoms with Crippen LogP contribution < -0.4 is 5.32 Å². The van der Waals surface area contributed by atoms with E-state index in [1.54, 1.807) is 0 Å². The molecule has 0 fully saturated rings. The Morgan fingerprint density at radius 1 is 1.12 bits per heavy atom. The second-order valence-corrected chi connectivity index (χ2v) is 6.11. The van der Waals surface area contributed by atoms with Crippen LogP contribution in [0.15, 0.2) is 54.7 Å². The molecule has 4 heteroatoms. The minimum Gasteiger partial charge on any atom is -0.394 e. The molecule has 1 atom stereocenters. The molecule has 0 bridgehead atoms. The summed E-state index contributed by atoms with van der Waals surface area (Å²) in [6.07, 6.45) is 2.80. The Morgan fingerprint density at radius 3 is 2.67 bits per heavy atom. The number of aliphatic hydroxyl groups is 1. The van der Waals surface area contributed by atoms with Crippen LogP contribution in [0.3, 0.4) is 0 Å². The van der Waals surface area contributed by atoms with Crippen molar-refractivity contribution in [3.8, 4) is 0 Å². The highest BCUT2D eigenvalue weighted by Gasteiger charge is 2.15. The van der Waals surface area contributed by atoms with Crippen molar-refractivity contribution >= 4 is 16.8 Å². The van der Waals surface area contributed by atoms with E-state index >= 15 is 0 Å². The van der Waals surface area contributed by atoms with E-state index in [2.05, 4.69) is 10.3 Å². The average Bonchev–Trinajstić information content (AvgIpc) is 2.99. The van der Waals surface area contributed by atoms with Crippen molar-refractivity contribution in [1.29, 1.82) is 0 Å². The Hall–Kier alpha value is -2.59. The summed E-state index contributed by atoms with van der Waals surface area (Å²) in [5.41, 5.74) is 4.31. The number of para-hydroxylation sites is 1. The van der Waals surface area contributed by atoms with Crippen LogP contribution in [-0.4, -0.2) is 28.6 Å². The molecule has 3 aromatic rings. The van der Waals surface area contributed by atoms with Gasteiger partial charge in [0.15, 0.2) is 0 Å². The molecular weight excluding hydrogens is 300 g/mol. The highest BCUT2D eigenvalue weighted by atomic mass is 16.3. The zero-order chi connectivity index (χ0) is 16.9. The second kappa shape index (κ2) is 7.32. The molecule has 3 N–H and O–H groups in total. The molecule has 2 aromatic carbocycles. The number of carbonyl (C=O) groups is 1. The number of hydrogen-bond acceptors (Lipinski definition) is 2. The number of carbonyl (C=O) groups excluding carboxylic acids is 1. The number of benzene rings is 2. The van der Waals surface area contributed by atoms with Gasteiger partial charge < -0.3 is 15.4 Å². The summed E-state index contributed by atoms with van der Waals surface area (Å²) in [4.78, 5) is 15.5. The van der Waals surface area contributed by atoms with Gasteiger partial charge >= 0.3 is 0 Å². The Kier molecular flexibility index (Phi) is 4.96. The maximum atomic E-state index is 12.4. The van der Waals surface area contributed by atoms with Gasteiger partial charge in [-0.15, -0.1) is 0 Å². The summed E-state index contributed by atoms with van der Waals surface area (Å²) in [5.74, 6) is -0.0765. The van der Waals surface area contributed by atoms with Gasteiger partial charge in [-0.3, -0.25) is 4.79 Å². The Bertz CT molecular complexity index is 838. The van der Waals surface area contributed by atoms with Crippen molar-refractivity contribution in [2.75, 3.05) is 6.61 Å². The molecule has 0 radical (unpaired) electrons. The fourth-order valence-corrected chi connectivity index (χ4v) is 3.00. The van der Waals surface area contributed by atoms with Gasteiger partial charge in [-0.1, -0.05) is 42.5 Å². The molecule has 1 amide bonds. The molecular formula is C20H22N2O2. The first-order valence-corrected chi connectivity index (χ1v) is 8.17. The summed E-state index contributed by atoms with van der Waals surface area (Å²) in [5, 5.41) is 13.6. The maximum absolute atomic E-state index is 12.4. The van der Waals surface area contributed by atoms with E-state index in [0.717, 1.165) is 22.0 Å². The van der Waals surface area contributed by atoms with Crippen LogP contribution in [0.2, 0.25) is 0 Å². The van der Waals surface area contributed by atoms with Gasteiger partial charge in [0.05, 0.1) is 19.1 Å². The first kappa shape index (κ1) is 16.3. The number of rotatable bonds is 6. The number of aromatic amines is 1. The summed E-state index contributed by atoms with van der Waals surface area (Å²) in [6.45, 7) is 1.96. The van der Waals surface area contributed by atoms with Gasteiger partial charge in [0.2, 0.25) is 5.91 Å². The quantitative estimate of drug-likeness (QED) is 0.653. The molecule has 4 nitrogen and oxygen atoms in total. The van der Waals surface area contributed by atoms with E-state index in [4.69, 9.17) is 0 Å². The van der Waals surface area contributed by atoms with Gasteiger partial charge in [-0.2, -0.15) is 0 Å². The number of amides is 1. The largest absolute Gasteiger partial charge is 0.394 e. The molecule has 124 valence electrons. The summed E-state index contributed by atoms with van der Waals surface area (Å²) >= 11 is 0. The predicted molar refractivity (Wildman–Crippen MR) is 95.9 cm³/mol. The molecule has 24 heavy (non-hydrogen) atoms. The van der Waals surface area contributed by atoms with Crippen molar-refractivity contribution < 1.29 is 9.90 Å². The van der Waals surface area contributed by atoms with Gasteiger partial charge in [0, 0.05) is 17.1 Å². The summed E-state index contributed by atoms with van der Waals surface area (Å²) in [7, 11) is 0. The highest BCUT2D eigenvalue weighted by Crippen LogP contribution is 2.18. The van der Waals surface area contributed by atoms with E-state index in [0.29, 0.717) is 12.8 Å². The third kappa shape index (κ3) is 3.66. The number of H-pyrrole nitrogens is 1. The SMILES string of the molecule is Cc1ccccc1CC(CO)NC(=O)Cc1c[nH]c2ccccc12. The van der Waals surface area contributed by atoms with E-state index in [9.17, 15) is 9.90 Å². The molecule has 0 aliphatic rings. The molecule has 3 rings (SSSR count). The number of aromatic nitrogens is 1. The zero-order valence-corrected chi connectivity index (χ0v) is 13.8. The number of aliphatic hydroxyl groups excluding tert-OH is 1. The average molecular weight is 322 g/mol. The van der Waals surface area contributed by atoms with E-state index < -0.39 is 0 Å². The fraction of sp³-hybridized carbons (Fsp3) is 0.250. The third-order valence-corrected chi connectivity index (χ3v) is 4.34. The monoisotopic (exact) mass is 322 g/mol. The van der Waals surface area contributed by atoms with E-state index in [-0.39, 0.29) is 18.6 Å². The van der Waals surface area contributed by atoms with Crippen molar-refractivity contribution in [2.45, 2.75) is 25.8 Å². The maximum Gasteiger partial charge on any atom is 0.224 e. The van der Waals surface area contributed by atoms with Crippen LogP contribution >= 0.6 is 0 Å². The minimum absolute atomic E-state index is 0.0754. The number of nitrogens with one attached hydrogen (secondary N) is 2. The van der Waals surface area contributed by atoms with Crippen LogP contribution in [0.25, 0.3) is 10.9 Å². The number of hydrogen-bond donors (Lipinski definition) is 3. The smallest absolute Gasteiger partial charge is 0.224 e. The Morgan fingerprint density at radius 2 is 1.88 bits per heavy atom. The van der Waals surface area contributed by atoms with Crippen LogP contribution in [0.5, 0.6) is 0 Å². The molecule has 1 unspecified atom stereocenters. The molecule has 0 aliphatic heterocycles. The fourth-order valence-electron chi connectivity index (χ4n) is 3.00. The molecule has 0 saturated carbocycles. The van der Waals surface area contributed by atoms with Gasteiger partial charge in [0.1, 0.15) is 0 Å². The highest BCUT2D eigenvalue weighted by molar-refractivity contribution is 5.88. The van der Waals surface area contributed by atoms with E-state index in [1.807, 2.05) is 61.7 Å². The molecule has 1 heterocycles. The van der Waals surface area contributed by atoms with Gasteiger partial charge in [0.25, 0.3) is 0 Å². The number of aryl methyl sites for hydroxylation is 1. The Labute approximate surface area is 141 Å². The van der Waals surface area contributed by atoms with Crippen LogP contribution in [0.4, 0.5) is 0 Å². The lowest BCUT2D eigenvalue weighted by Crippen LogP contribution is -2.40. The lowest BCUT2D eigenvalue weighted by atomic mass is 10.0. The van der Waals surface area contributed by atoms with Gasteiger partial charge in [-0.05, 0) is 36.1 Å². The first-order chi connectivity index (χ1) is 11.7. The zero-order valence-electron chi connectivity index (χ0n) is 13.8. The molecule has 0 saturated heterocycles. The van der Waals surface area contributed by atoms with Crippen LogP contribution in [-0.2, 0) is 17.6 Å². The van der Waals surface area contributed by atoms with Crippen molar-refractivity contribution in [3.05, 3.63) is 71.4 Å². The molecule has 1 aromatic heterocycles. The summed E-state index contributed by atoms with van der Waals surface area (Å²) in [6, 6.07) is 15.7.